The van der Waals surface area contributed by atoms with Gasteiger partial charge in [0.15, 0.2) is 16.6 Å². The van der Waals surface area contributed by atoms with Crippen LogP contribution < -0.4 is 19.1 Å². The molecule has 1 fully saturated rings. The molecule has 1 amide bonds. The molecular weight excluding hydrogens is 499 g/mol. The first-order valence-corrected chi connectivity index (χ1v) is 12.2. The van der Waals surface area contributed by atoms with Crippen molar-refractivity contribution in [3.8, 4) is 17.2 Å². The second-order valence-electron chi connectivity index (χ2n) is 8.38. The molecule has 6 rings (SSSR count). The number of halogens is 1. The van der Waals surface area contributed by atoms with Gasteiger partial charge >= 0.3 is 5.91 Å². The minimum absolute atomic E-state index is 0.0534. The van der Waals surface area contributed by atoms with E-state index in [4.69, 9.17) is 14.2 Å². The van der Waals surface area contributed by atoms with Crippen LogP contribution in [0.1, 0.15) is 17.2 Å². The van der Waals surface area contributed by atoms with Crippen LogP contribution in [0.2, 0.25) is 0 Å². The van der Waals surface area contributed by atoms with Gasteiger partial charge in [0.05, 0.1) is 22.9 Å². The van der Waals surface area contributed by atoms with Crippen LogP contribution in [0.25, 0.3) is 16.0 Å². The number of methoxy groups -OCH3 is 1. The Bertz CT molecular complexity index is 1610. The van der Waals surface area contributed by atoms with Crippen molar-refractivity contribution in [3.05, 3.63) is 83.2 Å². The first kappa shape index (κ1) is 23.0. The number of aliphatic hydroxyl groups excluding tert-OH is 1. The molecule has 8 nitrogen and oxygen atoms in total. The van der Waals surface area contributed by atoms with Gasteiger partial charge in [-0.1, -0.05) is 29.5 Å². The van der Waals surface area contributed by atoms with Gasteiger partial charge < -0.3 is 19.3 Å². The van der Waals surface area contributed by atoms with Crippen LogP contribution in [0.4, 0.5) is 9.52 Å². The van der Waals surface area contributed by atoms with Crippen molar-refractivity contribution >= 4 is 44.1 Å². The quantitative estimate of drug-likeness (QED) is 0.235. The number of carbonyl (C=O) groups excluding carboxylic acids is 2. The summed E-state index contributed by atoms with van der Waals surface area (Å²) >= 11 is 1.16. The van der Waals surface area contributed by atoms with E-state index in [-0.39, 0.29) is 21.8 Å². The van der Waals surface area contributed by atoms with Gasteiger partial charge in [-0.05, 0) is 42.5 Å². The van der Waals surface area contributed by atoms with Gasteiger partial charge in [0.2, 0.25) is 0 Å². The number of amides is 1. The number of hydrogen-bond donors (Lipinski definition) is 1. The molecule has 1 unspecified atom stereocenters. The molecule has 4 aromatic rings. The van der Waals surface area contributed by atoms with Crippen LogP contribution in [-0.4, -0.2) is 42.1 Å². The summed E-state index contributed by atoms with van der Waals surface area (Å²) in [5.74, 6) is -1.44. The highest BCUT2D eigenvalue weighted by atomic mass is 32.1. The summed E-state index contributed by atoms with van der Waals surface area (Å²) in [6.45, 7) is 0.726. The monoisotopic (exact) mass is 518 g/mol. The molecule has 0 radical (unpaired) electrons. The van der Waals surface area contributed by atoms with Crippen LogP contribution in [0, 0.1) is 5.82 Å². The maximum atomic E-state index is 15.1. The summed E-state index contributed by atoms with van der Waals surface area (Å²) < 4.78 is 32.2. The fourth-order valence-electron chi connectivity index (χ4n) is 4.49. The number of aliphatic hydroxyl groups is 1. The zero-order chi connectivity index (χ0) is 25.7. The molecule has 1 aromatic heterocycles. The van der Waals surface area contributed by atoms with E-state index in [1.165, 1.54) is 31.4 Å². The molecule has 10 heteroatoms. The Labute approximate surface area is 214 Å². The molecule has 37 heavy (non-hydrogen) atoms. The lowest BCUT2D eigenvalue weighted by atomic mass is 9.95. The zero-order valence-corrected chi connectivity index (χ0v) is 20.3. The summed E-state index contributed by atoms with van der Waals surface area (Å²) in [6.07, 6.45) is 0. The third kappa shape index (κ3) is 3.77. The van der Waals surface area contributed by atoms with E-state index in [2.05, 4.69) is 4.98 Å². The maximum Gasteiger partial charge on any atom is 0.301 e. The van der Waals surface area contributed by atoms with Crippen molar-refractivity contribution in [3.63, 3.8) is 0 Å². The topological polar surface area (TPSA) is 98.2 Å². The standard InChI is InChI=1S/C27H19FN2O6S/c1-34-15-7-8-18-21(13-15)37-27(29-18)30-23(16-4-2-3-5-17(16)28)22(25(32)26(30)33)24(31)14-6-9-19-20(12-14)36-11-10-35-19/h2-9,12-13,23,31H,10-11H2,1H3/b24-22+. The smallest absolute Gasteiger partial charge is 0.301 e. The van der Waals surface area contributed by atoms with Crippen molar-refractivity contribution in [1.82, 2.24) is 4.98 Å². The molecule has 0 aliphatic carbocycles. The van der Waals surface area contributed by atoms with Gasteiger partial charge in [-0.15, -0.1) is 0 Å². The Kier molecular flexibility index (Phi) is 5.53. The van der Waals surface area contributed by atoms with Crippen molar-refractivity contribution in [1.29, 1.82) is 0 Å². The summed E-state index contributed by atoms with van der Waals surface area (Å²) in [5, 5.41) is 11.5. The van der Waals surface area contributed by atoms with Gasteiger partial charge in [-0.2, -0.15) is 0 Å². The summed E-state index contributed by atoms with van der Waals surface area (Å²) in [5.41, 5.74) is 0.626. The number of rotatable bonds is 4. The second-order valence-corrected chi connectivity index (χ2v) is 9.39. The number of thiazole rings is 1. The highest BCUT2D eigenvalue weighted by Gasteiger charge is 2.49. The minimum atomic E-state index is -1.24. The van der Waals surface area contributed by atoms with Gasteiger partial charge in [-0.3, -0.25) is 14.5 Å². The van der Waals surface area contributed by atoms with E-state index >= 15 is 4.39 Å². The average Bonchev–Trinajstić information content (AvgIpc) is 3.45. The zero-order valence-electron chi connectivity index (χ0n) is 19.4. The normalized spacial score (nSPS) is 18.4. The second kappa shape index (κ2) is 8.90. The van der Waals surface area contributed by atoms with Gasteiger partial charge in [-0.25, -0.2) is 9.37 Å². The maximum absolute atomic E-state index is 15.1. The van der Waals surface area contributed by atoms with Gasteiger partial charge in [0, 0.05) is 11.1 Å². The van der Waals surface area contributed by atoms with Crippen molar-refractivity contribution in [2.24, 2.45) is 0 Å². The number of anilines is 1. The predicted octanol–water partition coefficient (Wildman–Crippen LogP) is 4.84. The Balaban J connectivity index is 1.54. The van der Waals surface area contributed by atoms with E-state index in [0.717, 1.165) is 20.9 Å². The molecule has 1 atom stereocenters. The largest absolute Gasteiger partial charge is 0.507 e. The molecule has 1 saturated heterocycles. The van der Waals surface area contributed by atoms with Crippen LogP contribution in [-0.2, 0) is 9.59 Å². The number of ketones is 1. The average molecular weight is 519 g/mol. The lowest BCUT2D eigenvalue weighted by Crippen LogP contribution is -2.29. The molecular formula is C27H19FN2O6S. The number of fused-ring (bicyclic) bond motifs is 2. The predicted molar refractivity (Wildman–Crippen MR) is 135 cm³/mol. The highest BCUT2D eigenvalue weighted by molar-refractivity contribution is 7.22. The van der Waals surface area contributed by atoms with Crippen molar-refractivity contribution in [2.45, 2.75) is 6.04 Å². The SMILES string of the molecule is COc1ccc2nc(N3C(=O)C(=O)/C(=C(/O)c4ccc5c(c4)OCCO5)C3c3ccccc3F)sc2c1. The highest BCUT2D eigenvalue weighted by Crippen LogP contribution is 2.45. The fourth-order valence-corrected chi connectivity index (χ4v) is 5.51. The lowest BCUT2D eigenvalue weighted by molar-refractivity contribution is -0.132. The third-order valence-electron chi connectivity index (χ3n) is 6.25. The van der Waals surface area contributed by atoms with Crippen LogP contribution in [0.15, 0.2) is 66.2 Å². The Morgan fingerprint density at radius 2 is 1.86 bits per heavy atom. The van der Waals surface area contributed by atoms with Gasteiger partial charge in [0.25, 0.3) is 5.78 Å². The number of aromatic nitrogens is 1. The molecule has 2 aliphatic heterocycles. The van der Waals surface area contributed by atoms with Crippen LogP contribution in [0.5, 0.6) is 17.2 Å². The molecule has 186 valence electrons. The fraction of sp³-hybridized carbons (Fsp3) is 0.148. The van der Waals surface area contributed by atoms with Gasteiger partial charge in [0.1, 0.15) is 36.6 Å². The van der Waals surface area contributed by atoms with Crippen LogP contribution in [0.3, 0.4) is 0 Å². The minimum Gasteiger partial charge on any atom is -0.507 e. The summed E-state index contributed by atoms with van der Waals surface area (Å²) in [7, 11) is 1.54. The number of benzene rings is 3. The van der Waals surface area contributed by atoms with E-state index in [1.807, 2.05) is 0 Å². The molecule has 0 saturated carbocycles. The molecule has 3 aromatic carbocycles. The van der Waals surface area contributed by atoms with E-state index in [1.54, 1.807) is 36.4 Å². The van der Waals surface area contributed by atoms with Crippen molar-refractivity contribution in [2.75, 3.05) is 25.2 Å². The summed E-state index contributed by atoms with van der Waals surface area (Å²) in [6, 6.07) is 14.5. The number of carbonyl (C=O) groups is 2. The summed E-state index contributed by atoms with van der Waals surface area (Å²) in [4.78, 5) is 32.4. The van der Waals surface area contributed by atoms with E-state index in [9.17, 15) is 14.7 Å². The van der Waals surface area contributed by atoms with E-state index in [0.29, 0.717) is 36.0 Å². The first-order chi connectivity index (χ1) is 18.0. The Hall–Kier alpha value is -4.44. The number of nitrogens with zero attached hydrogens (tertiary/aromatic N) is 2. The van der Waals surface area contributed by atoms with Crippen molar-refractivity contribution < 1.29 is 33.3 Å². The molecule has 0 spiro atoms. The molecule has 0 bridgehead atoms. The molecule has 3 heterocycles. The number of Topliss-reactive ketones (excluding diaryl/α,β-unsaturated/α-hetero) is 1. The molecule has 2 aliphatic rings. The molecule has 1 N–H and O–H groups in total. The lowest BCUT2D eigenvalue weighted by Gasteiger charge is -2.23. The Morgan fingerprint density at radius 1 is 1.08 bits per heavy atom. The first-order valence-electron chi connectivity index (χ1n) is 11.4. The number of ether oxygens (including phenoxy) is 3. The Morgan fingerprint density at radius 3 is 2.65 bits per heavy atom. The third-order valence-corrected chi connectivity index (χ3v) is 7.27. The van der Waals surface area contributed by atoms with Crippen LogP contribution >= 0.6 is 11.3 Å². The number of hydrogen-bond acceptors (Lipinski definition) is 8. The van der Waals surface area contributed by atoms with E-state index < -0.39 is 29.3 Å².